The number of rotatable bonds is 3. The molecule has 0 atom stereocenters. The number of halogens is 1. The lowest BCUT2D eigenvalue weighted by Crippen LogP contribution is -2.41. The van der Waals surface area contributed by atoms with Crippen LogP contribution in [0.4, 0.5) is 5.69 Å². The smallest absolute Gasteiger partial charge is 0.291 e. The highest BCUT2D eigenvalue weighted by molar-refractivity contribution is 14.1. The Balaban J connectivity index is 1.85. The standard InChI is InChI=1S/C16H15IN2O4/c17-11-3-4-13(18-15(20)14-2-1-7-23-14)12(10-11)16(21)19-5-8-22-9-6-19/h1-4,7,10H,5-6,8-9H2,(H,18,20). The van der Waals surface area contributed by atoms with Crippen molar-refractivity contribution in [2.75, 3.05) is 31.6 Å². The molecule has 2 heterocycles. The number of amides is 2. The van der Waals surface area contributed by atoms with E-state index in [1.807, 2.05) is 6.07 Å². The molecule has 7 heteroatoms. The normalized spacial score (nSPS) is 14.6. The Bertz CT molecular complexity index is 709. The minimum atomic E-state index is -0.382. The van der Waals surface area contributed by atoms with Crippen LogP contribution >= 0.6 is 22.6 Å². The second-order valence-electron chi connectivity index (χ2n) is 5.03. The van der Waals surface area contributed by atoms with Crippen molar-refractivity contribution < 1.29 is 18.7 Å². The number of morpholine rings is 1. The molecule has 1 aliphatic rings. The molecular formula is C16H15IN2O4. The van der Waals surface area contributed by atoms with E-state index in [4.69, 9.17) is 9.15 Å². The summed E-state index contributed by atoms with van der Waals surface area (Å²) in [7, 11) is 0. The van der Waals surface area contributed by atoms with Crippen molar-refractivity contribution in [1.29, 1.82) is 0 Å². The highest BCUT2D eigenvalue weighted by atomic mass is 127. The summed E-state index contributed by atoms with van der Waals surface area (Å²) < 4.78 is 11.3. The third-order valence-corrected chi connectivity index (χ3v) is 4.17. The lowest BCUT2D eigenvalue weighted by atomic mass is 10.1. The van der Waals surface area contributed by atoms with Gasteiger partial charge in [-0.1, -0.05) is 0 Å². The van der Waals surface area contributed by atoms with Gasteiger partial charge in [-0.05, 0) is 52.9 Å². The highest BCUT2D eigenvalue weighted by Crippen LogP contribution is 2.22. The molecule has 1 aliphatic heterocycles. The van der Waals surface area contributed by atoms with Crippen molar-refractivity contribution in [1.82, 2.24) is 4.90 Å². The Hall–Kier alpha value is -1.87. The van der Waals surface area contributed by atoms with E-state index in [-0.39, 0.29) is 17.6 Å². The van der Waals surface area contributed by atoms with Crippen LogP contribution in [0, 0.1) is 3.57 Å². The fraction of sp³-hybridized carbons (Fsp3) is 0.250. The molecule has 6 nitrogen and oxygen atoms in total. The second-order valence-corrected chi connectivity index (χ2v) is 6.27. The number of furan rings is 1. The summed E-state index contributed by atoms with van der Waals surface area (Å²) >= 11 is 2.14. The van der Waals surface area contributed by atoms with Crippen molar-refractivity contribution in [3.63, 3.8) is 0 Å². The van der Waals surface area contributed by atoms with E-state index in [9.17, 15) is 9.59 Å². The molecule has 0 saturated carbocycles. The lowest BCUT2D eigenvalue weighted by molar-refractivity contribution is 0.0303. The fourth-order valence-electron chi connectivity index (χ4n) is 2.33. The second kappa shape index (κ2) is 7.14. The van der Waals surface area contributed by atoms with Crippen molar-refractivity contribution in [2.24, 2.45) is 0 Å². The first-order valence-corrected chi connectivity index (χ1v) is 8.24. The monoisotopic (exact) mass is 426 g/mol. The van der Waals surface area contributed by atoms with Crippen LogP contribution in [-0.2, 0) is 4.74 Å². The minimum absolute atomic E-state index is 0.110. The molecule has 1 N–H and O–H groups in total. The van der Waals surface area contributed by atoms with Crippen LogP contribution < -0.4 is 5.32 Å². The zero-order valence-corrected chi connectivity index (χ0v) is 14.4. The SMILES string of the molecule is O=C(Nc1ccc(I)cc1C(=O)N1CCOCC1)c1ccco1. The maximum atomic E-state index is 12.7. The molecule has 1 fully saturated rings. The molecule has 2 amide bonds. The van der Waals surface area contributed by atoms with E-state index >= 15 is 0 Å². The Labute approximate surface area is 146 Å². The predicted octanol–water partition coefficient (Wildman–Crippen LogP) is 2.61. The molecule has 3 rings (SSSR count). The topological polar surface area (TPSA) is 71.8 Å². The maximum absolute atomic E-state index is 12.7. The van der Waals surface area contributed by atoms with Gasteiger partial charge in [0.05, 0.1) is 30.7 Å². The molecule has 2 aromatic rings. The van der Waals surface area contributed by atoms with Gasteiger partial charge in [-0.3, -0.25) is 9.59 Å². The molecular weight excluding hydrogens is 411 g/mol. The summed E-state index contributed by atoms with van der Waals surface area (Å²) in [6, 6.07) is 8.56. The van der Waals surface area contributed by atoms with E-state index in [0.717, 1.165) is 3.57 Å². The van der Waals surface area contributed by atoms with Gasteiger partial charge < -0.3 is 19.4 Å². The van der Waals surface area contributed by atoms with Crippen LogP contribution in [0.25, 0.3) is 0 Å². The molecule has 1 saturated heterocycles. The summed E-state index contributed by atoms with van der Waals surface area (Å²) in [4.78, 5) is 26.6. The molecule has 1 aromatic carbocycles. The van der Waals surface area contributed by atoms with E-state index in [1.54, 1.807) is 29.2 Å². The van der Waals surface area contributed by atoms with Crippen molar-refractivity contribution >= 4 is 40.1 Å². The van der Waals surface area contributed by atoms with Crippen molar-refractivity contribution in [3.8, 4) is 0 Å². The number of nitrogens with zero attached hydrogens (tertiary/aromatic N) is 1. The zero-order valence-electron chi connectivity index (χ0n) is 12.3. The summed E-state index contributed by atoms with van der Waals surface area (Å²) in [5, 5.41) is 2.75. The molecule has 1 aromatic heterocycles. The molecule has 0 aliphatic carbocycles. The van der Waals surface area contributed by atoms with Crippen LogP contribution in [0.1, 0.15) is 20.9 Å². The maximum Gasteiger partial charge on any atom is 0.291 e. The van der Waals surface area contributed by atoms with Crippen LogP contribution in [0.3, 0.4) is 0 Å². The fourth-order valence-corrected chi connectivity index (χ4v) is 2.82. The minimum Gasteiger partial charge on any atom is -0.459 e. The van der Waals surface area contributed by atoms with Gasteiger partial charge >= 0.3 is 0 Å². The first kappa shape index (κ1) is 16.0. The molecule has 120 valence electrons. The van der Waals surface area contributed by atoms with Crippen molar-refractivity contribution in [3.05, 3.63) is 51.5 Å². The Morgan fingerprint density at radius 1 is 1.17 bits per heavy atom. The third kappa shape index (κ3) is 3.73. The average Bonchev–Trinajstić information content (AvgIpc) is 3.11. The summed E-state index contributed by atoms with van der Waals surface area (Å²) in [6.07, 6.45) is 1.43. The number of carbonyl (C=O) groups excluding carboxylic acids is 2. The number of nitrogens with one attached hydrogen (secondary N) is 1. The van der Waals surface area contributed by atoms with Gasteiger partial charge in [0.15, 0.2) is 5.76 Å². The third-order valence-electron chi connectivity index (χ3n) is 3.50. The number of ether oxygens (including phenoxy) is 1. The molecule has 0 spiro atoms. The van der Waals surface area contributed by atoms with Crippen LogP contribution in [0.5, 0.6) is 0 Å². The van der Waals surface area contributed by atoms with Gasteiger partial charge in [-0.2, -0.15) is 0 Å². The predicted molar refractivity (Wildman–Crippen MR) is 92.5 cm³/mol. The number of benzene rings is 1. The Kier molecular flexibility index (Phi) is 4.97. The van der Waals surface area contributed by atoms with E-state index in [1.165, 1.54) is 6.26 Å². The Morgan fingerprint density at radius 2 is 1.96 bits per heavy atom. The van der Waals surface area contributed by atoms with Gasteiger partial charge in [-0.15, -0.1) is 0 Å². The van der Waals surface area contributed by atoms with Gasteiger partial charge in [0, 0.05) is 16.7 Å². The van der Waals surface area contributed by atoms with Gasteiger partial charge in [-0.25, -0.2) is 0 Å². The summed E-state index contributed by atoms with van der Waals surface area (Å²) in [6.45, 7) is 2.17. The number of hydrogen-bond donors (Lipinski definition) is 1. The number of hydrogen-bond acceptors (Lipinski definition) is 4. The van der Waals surface area contributed by atoms with Crippen molar-refractivity contribution in [2.45, 2.75) is 0 Å². The zero-order chi connectivity index (χ0) is 16.2. The largest absolute Gasteiger partial charge is 0.459 e. The average molecular weight is 426 g/mol. The molecule has 0 unspecified atom stereocenters. The summed E-state index contributed by atoms with van der Waals surface area (Å²) in [5.41, 5.74) is 0.946. The lowest BCUT2D eigenvalue weighted by Gasteiger charge is -2.27. The highest BCUT2D eigenvalue weighted by Gasteiger charge is 2.22. The van der Waals surface area contributed by atoms with E-state index in [2.05, 4.69) is 27.9 Å². The van der Waals surface area contributed by atoms with E-state index in [0.29, 0.717) is 37.6 Å². The van der Waals surface area contributed by atoms with Gasteiger partial charge in [0.1, 0.15) is 0 Å². The Morgan fingerprint density at radius 3 is 2.65 bits per heavy atom. The number of carbonyl (C=O) groups is 2. The van der Waals surface area contributed by atoms with E-state index < -0.39 is 0 Å². The van der Waals surface area contributed by atoms with Gasteiger partial charge in [0.2, 0.25) is 0 Å². The molecule has 23 heavy (non-hydrogen) atoms. The first-order valence-electron chi connectivity index (χ1n) is 7.16. The van der Waals surface area contributed by atoms with Crippen LogP contribution in [0.2, 0.25) is 0 Å². The number of anilines is 1. The van der Waals surface area contributed by atoms with Gasteiger partial charge in [0.25, 0.3) is 11.8 Å². The summed E-state index contributed by atoms with van der Waals surface area (Å²) in [5.74, 6) is -0.290. The van der Waals surface area contributed by atoms with Crippen LogP contribution in [-0.4, -0.2) is 43.0 Å². The van der Waals surface area contributed by atoms with Crippen LogP contribution in [0.15, 0.2) is 41.0 Å². The molecule has 0 bridgehead atoms. The first-order chi connectivity index (χ1) is 11.1. The quantitative estimate of drug-likeness (QED) is 0.767. The molecule has 0 radical (unpaired) electrons.